The van der Waals surface area contributed by atoms with Crippen molar-refractivity contribution >= 4 is 39.3 Å². The second kappa shape index (κ2) is 6.87. The summed E-state index contributed by atoms with van der Waals surface area (Å²) < 4.78 is 0. The predicted octanol–water partition coefficient (Wildman–Crippen LogP) is 2.05. The number of aliphatic carboxylic acids is 1. The highest BCUT2D eigenvalue weighted by Gasteiger charge is 2.20. The van der Waals surface area contributed by atoms with E-state index in [-0.39, 0.29) is 29.0 Å². The van der Waals surface area contributed by atoms with Crippen molar-refractivity contribution in [1.29, 1.82) is 0 Å². The molecule has 0 heterocycles. The van der Waals surface area contributed by atoms with Crippen LogP contribution in [0.5, 0.6) is 0 Å². The number of carboxylic acid groups (broad SMARTS) is 1. The lowest BCUT2D eigenvalue weighted by molar-refractivity contribution is -0.147. The number of aliphatic hydroxyl groups is 1. The summed E-state index contributed by atoms with van der Waals surface area (Å²) in [5, 5.41) is 18.6. The average molecular weight is 336 g/mol. The van der Waals surface area contributed by atoms with Gasteiger partial charge in [-0.1, -0.05) is 34.1 Å². The van der Waals surface area contributed by atoms with Crippen molar-refractivity contribution in [3.05, 3.63) is 34.9 Å². The monoisotopic (exact) mass is 334 g/mol. The third kappa shape index (κ3) is 3.80. The predicted molar refractivity (Wildman–Crippen MR) is 71.1 cm³/mol. The Labute approximate surface area is 118 Å². The molecule has 0 saturated carbocycles. The zero-order valence-corrected chi connectivity index (χ0v) is 11.7. The Morgan fingerprint density at radius 2 is 2.06 bits per heavy atom. The van der Waals surface area contributed by atoms with Gasteiger partial charge in [0.05, 0.1) is 5.33 Å². The van der Waals surface area contributed by atoms with Crippen LogP contribution in [0.1, 0.15) is 22.8 Å². The van der Waals surface area contributed by atoms with Crippen molar-refractivity contribution in [3.63, 3.8) is 0 Å². The van der Waals surface area contributed by atoms with Gasteiger partial charge < -0.3 is 10.2 Å². The fourth-order valence-electron chi connectivity index (χ4n) is 1.55. The molecule has 4 nitrogen and oxygen atoms in total. The zero-order valence-electron chi connectivity index (χ0n) is 9.40. The minimum Gasteiger partial charge on any atom is -0.479 e. The van der Waals surface area contributed by atoms with Gasteiger partial charge in [-0.15, -0.1) is 11.6 Å². The van der Waals surface area contributed by atoms with Gasteiger partial charge >= 0.3 is 5.97 Å². The third-order valence-corrected chi connectivity index (χ3v) is 3.36. The van der Waals surface area contributed by atoms with Gasteiger partial charge in [-0.3, -0.25) is 4.79 Å². The molecule has 0 aliphatic heterocycles. The molecule has 0 aliphatic rings. The first kappa shape index (κ1) is 15.1. The molecular formula is C12H12BrClO4. The van der Waals surface area contributed by atoms with Gasteiger partial charge in [0.25, 0.3) is 0 Å². The number of benzene rings is 1. The molecule has 0 fully saturated rings. The Morgan fingerprint density at radius 3 is 2.56 bits per heavy atom. The van der Waals surface area contributed by atoms with Crippen LogP contribution in [0.15, 0.2) is 18.2 Å². The number of alkyl halides is 2. The molecule has 0 aliphatic carbocycles. The van der Waals surface area contributed by atoms with Crippen LogP contribution in [0.3, 0.4) is 0 Å². The maximum atomic E-state index is 11.4. The maximum Gasteiger partial charge on any atom is 0.337 e. The lowest BCUT2D eigenvalue weighted by Gasteiger charge is -2.13. The van der Waals surface area contributed by atoms with Gasteiger partial charge in [0.1, 0.15) is 5.78 Å². The van der Waals surface area contributed by atoms with Crippen molar-refractivity contribution < 1.29 is 19.8 Å². The molecule has 0 saturated heterocycles. The largest absolute Gasteiger partial charge is 0.479 e. The normalized spacial score (nSPS) is 12.2. The van der Waals surface area contributed by atoms with Crippen molar-refractivity contribution in [2.75, 3.05) is 5.33 Å². The highest BCUT2D eigenvalue weighted by atomic mass is 79.9. The number of halogens is 2. The molecular weight excluding hydrogens is 323 g/mol. The Balaban J connectivity index is 3.15. The van der Waals surface area contributed by atoms with Crippen LogP contribution >= 0.6 is 27.5 Å². The number of aliphatic hydroxyl groups excluding tert-OH is 1. The SMILES string of the molecule is O=C(CBr)Cc1cc(CCl)ccc1C(O)C(=O)O. The Kier molecular flexibility index (Phi) is 5.78. The van der Waals surface area contributed by atoms with E-state index in [1.165, 1.54) is 6.07 Å². The Bertz CT molecular complexity index is 461. The molecule has 1 aromatic carbocycles. The number of carbonyl (C=O) groups excluding carboxylic acids is 1. The first-order valence-corrected chi connectivity index (χ1v) is 6.81. The highest BCUT2D eigenvalue weighted by molar-refractivity contribution is 9.09. The number of hydrogen-bond acceptors (Lipinski definition) is 3. The van der Waals surface area contributed by atoms with E-state index in [9.17, 15) is 14.7 Å². The van der Waals surface area contributed by atoms with Gasteiger partial charge in [-0.2, -0.15) is 0 Å². The van der Waals surface area contributed by atoms with Crippen LogP contribution < -0.4 is 0 Å². The number of ketones is 1. The number of Topliss-reactive ketones (excluding diaryl/α,β-unsaturated/α-hetero) is 1. The summed E-state index contributed by atoms with van der Waals surface area (Å²) in [6.07, 6.45) is -1.57. The van der Waals surface area contributed by atoms with Crippen molar-refractivity contribution in [2.24, 2.45) is 0 Å². The first-order chi connectivity index (χ1) is 8.49. The molecule has 1 aromatic rings. The van der Waals surface area contributed by atoms with Crippen molar-refractivity contribution in [2.45, 2.75) is 18.4 Å². The fourth-order valence-corrected chi connectivity index (χ4v) is 1.92. The molecule has 0 aromatic heterocycles. The summed E-state index contributed by atoms with van der Waals surface area (Å²) in [5.74, 6) is -1.18. The summed E-state index contributed by atoms with van der Waals surface area (Å²) in [6, 6.07) is 4.78. The minimum absolute atomic E-state index is 0.0651. The van der Waals surface area contributed by atoms with Crippen LogP contribution in [-0.2, 0) is 21.9 Å². The average Bonchev–Trinajstić information content (AvgIpc) is 2.37. The number of rotatable bonds is 6. The van der Waals surface area contributed by atoms with Crippen LogP contribution in [0, 0.1) is 0 Å². The Morgan fingerprint density at radius 1 is 1.39 bits per heavy atom. The van der Waals surface area contributed by atoms with E-state index in [4.69, 9.17) is 16.7 Å². The van der Waals surface area contributed by atoms with E-state index >= 15 is 0 Å². The van der Waals surface area contributed by atoms with Crippen LogP contribution in [-0.4, -0.2) is 27.3 Å². The van der Waals surface area contributed by atoms with Crippen LogP contribution in [0.4, 0.5) is 0 Å². The van der Waals surface area contributed by atoms with Gasteiger partial charge in [-0.25, -0.2) is 4.79 Å². The maximum absolute atomic E-state index is 11.4. The Hall–Kier alpha value is -0.910. The zero-order chi connectivity index (χ0) is 13.7. The van der Waals surface area contributed by atoms with Gasteiger partial charge in [0, 0.05) is 12.3 Å². The summed E-state index contributed by atoms with van der Waals surface area (Å²) in [4.78, 5) is 22.2. The van der Waals surface area contributed by atoms with E-state index in [1.807, 2.05) is 0 Å². The van der Waals surface area contributed by atoms with Crippen molar-refractivity contribution in [3.8, 4) is 0 Å². The second-order valence-electron chi connectivity index (χ2n) is 3.76. The molecule has 1 atom stereocenters. The van der Waals surface area contributed by atoms with Crippen LogP contribution in [0.25, 0.3) is 0 Å². The minimum atomic E-state index is -1.63. The molecule has 18 heavy (non-hydrogen) atoms. The number of carboxylic acids is 1. The molecule has 6 heteroatoms. The van der Waals surface area contributed by atoms with E-state index in [1.54, 1.807) is 12.1 Å². The smallest absolute Gasteiger partial charge is 0.337 e. The summed E-state index contributed by atoms with van der Waals surface area (Å²) >= 11 is 8.73. The van der Waals surface area contributed by atoms with Gasteiger partial charge in [0.2, 0.25) is 0 Å². The second-order valence-corrected chi connectivity index (χ2v) is 4.58. The van der Waals surface area contributed by atoms with E-state index < -0.39 is 12.1 Å². The molecule has 0 spiro atoms. The van der Waals surface area contributed by atoms with E-state index in [2.05, 4.69) is 15.9 Å². The number of carbonyl (C=O) groups is 2. The molecule has 0 radical (unpaired) electrons. The molecule has 1 rings (SSSR count). The fraction of sp³-hybridized carbons (Fsp3) is 0.333. The quantitative estimate of drug-likeness (QED) is 0.780. The summed E-state index contributed by atoms with van der Waals surface area (Å²) in [7, 11) is 0. The van der Waals surface area contributed by atoms with Crippen molar-refractivity contribution in [1.82, 2.24) is 0 Å². The standard InChI is InChI=1S/C12H12BrClO4/c13-5-9(15)4-8-3-7(6-14)1-2-10(8)11(16)12(17)18/h1-3,11,16H,4-6H2,(H,17,18). The molecule has 98 valence electrons. The first-order valence-electron chi connectivity index (χ1n) is 5.15. The lowest BCUT2D eigenvalue weighted by atomic mass is 9.96. The van der Waals surface area contributed by atoms with Gasteiger partial charge in [0.15, 0.2) is 6.10 Å². The lowest BCUT2D eigenvalue weighted by Crippen LogP contribution is -2.15. The van der Waals surface area contributed by atoms with Gasteiger partial charge in [-0.05, 0) is 16.7 Å². The third-order valence-electron chi connectivity index (χ3n) is 2.43. The molecule has 0 bridgehead atoms. The van der Waals surface area contributed by atoms with E-state index in [0.29, 0.717) is 5.56 Å². The molecule has 1 unspecified atom stereocenters. The molecule has 2 N–H and O–H groups in total. The highest BCUT2D eigenvalue weighted by Crippen LogP contribution is 2.22. The number of hydrogen-bond donors (Lipinski definition) is 2. The van der Waals surface area contributed by atoms with Crippen LogP contribution in [0.2, 0.25) is 0 Å². The topological polar surface area (TPSA) is 74.6 Å². The summed E-state index contributed by atoms with van der Waals surface area (Å²) in [6.45, 7) is 0. The van der Waals surface area contributed by atoms with E-state index in [0.717, 1.165) is 5.56 Å². The molecule has 0 amide bonds. The summed E-state index contributed by atoms with van der Waals surface area (Å²) in [5.41, 5.74) is 1.49.